The number of hydrogen-bond acceptors (Lipinski definition) is 3. The van der Waals surface area contributed by atoms with Gasteiger partial charge in [-0.2, -0.15) is 8.42 Å². The maximum Gasteiger partial charge on any atom is 0.335 e. The van der Waals surface area contributed by atoms with Crippen molar-refractivity contribution in [3.63, 3.8) is 0 Å². The Morgan fingerprint density at radius 3 is 2.30 bits per heavy atom. The molecule has 0 N–H and O–H groups in total. The molecule has 0 radical (unpaired) electrons. The van der Waals surface area contributed by atoms with Crippen molar-refractivity contribution < 1.29 is 16.7 Å². The van der Waals surface area contributed by atoms with Crippen LogP contribution in [0.25, 0.3) is 0 Å². The van der Waals surface area contributed by atoms with Gasteiger partial charge in [-0.3, -0.25) is 0 Å². The molecule has 5 heteroatoms. The van der Waals surface area contributed by atoms with Gasteiger partial charge in [0.05, 0.1) is 6.26 Å². The highest BCUT2D eigenvalue weighted by Gasteiger charge is 2.16. The quantitative estimate of drug-likeness (QED) is 0.587. The zero-order valence-corrected chi connectivity index (χ0v) is 5.98. The standard InChI is InChI=1S/C5H5FO3S/c1-4-2-9-3-5(4)10(6,7)8/h2-3H,1H3. The van der Waals surface area contributed by atoms with Gasteiger partial charge in [0.1, 0.15) is 11.2 Å². The predicted octanol–water partition coefficient (Wildman–Crippen LogP) is 1.25. The summed E-state index contributed by atoms with van der Waals surface area (Å²) in [6.45, 7) is 1.45. The fourth-order valence-electron chi connectivity index (χ4n) is 0.599. The van der Waals surface area contributed by atoms with E-state index in [9.17, 15) is 12.3 Å². The summed E-state index contributed by atoms with van der Waals surface area (Å²) in [5.41, 5.74) is 0.280. The first-order chi connectivity index (χ1) is 4.52. The monoisotopic (exact) mass is 164 g/mol. The van der Waals surface area contributed by atoms with Crippen molar-refractivity contribution in [2.24, 2.45) is 0 Å². The highest BCUT2D eigenvalue weighted by molar-refractivity contribution is 7.86. The third kappa shape index (κ3) is 1.18. The van der Waals surface area contributed by atoms with Gasteiger partial charge in [-0.15, -0.1) is 3.89 Å². The van der Waals surface area contributed by atoms with E-state index < -0.39 is 15.1 Å². The molecule has 1 heterocycles. The van der Waals surface area contributed by atoms with Crippen molar-refractivity contribution >= 4 is 10.2 Å². The number of furan rings is 1. The lowest BCUT2D eigenvalue weighted by molar-refractivity contribution is 0.539. The van der Waals surface area contributed by atoms with E-state index in [1.165, 1.54) is 13.2 Å². The van der Waals surface area contributed by atoms with Crippen molar-refractivity contribution in [2.45, 2.75) is 11.8 Å². The third-order valence-corrected chi connectivity index (χ3v) is 2.01. The Kier molecular flexibility index (Phi) is 1.52. The first-order valence-electron chi connectivity index (χ1n) is 2.49. The smallest absolute Gasteiger partial charge is 0.335 e. The summed E-state index contributed by atoms with van der Waals surface area (Å²) < 4.78 is 37.0. The number of hydrogen-bond donors (Lipinski definition) is 0. The molecule has 0 aliphatic carbocycles. The second-order valence-electron chi connectivity index (χ2n) is 1.86. The van der Waals surface area contributed by atoms with Gasteiger partial charge in [-0.1, -0.05) is 0 Å². The molecule has 0 aliphatic heterocycles. The molecule has 0 fully saturated rings. The van der Waals surface area contributed by atoms with Crippen LogP contribution >= 0.6 is 0 Å². The molecule has 1 aromatic rings. The Labute approximate surface area is 57.7 Å². The minimum atomic E-state index is -4.58. The van der Waals surface area contributed by atoms with E-state index in [4.69, 9.17) is 0 Å². The van der Waals surface area contributed by atoms with E-state index >= 15 is 0 Å². The van der Waals surface area contributed by atoms with Crippen LogP contribution in [0.4, 0.5) is 3.89 Å². The Hall–Kier alpha value is -0.840. The van der Waals surface area contributed by atoms with Gasteiger partial charge in [-0.05, 0) is 6.92 Å². The SMILES string of the molecule is Cc1cocc1S(=O)(=O)F. The van der Waals surface area contributed by atoms with Gasteiger partial charge < -0.3 is 4.42 Å². The maximum atomic E-state index is 12.1. The molecular weight excluding hydrogens is 159 g/mol. The first kappa shape index (κ1) is 7.27. The van der Waals surface area contributed by atoms with Crippen LogP contribution in [0.5, 0.6) is 0 Å². The molecule has 0 bridgehead atoms. The molecule has 0 aromatic carbocycles. The van der Waals surface area contributed by atoms with E-state index in [-0.39, 0.29) is 5.56 Å². The van der Waals surface area contributed by atoms with E-state index in [1.807, 2.05) is 0 Å². The Balaban J connectivity index is 3.32. The normalized spacial score (nSPS) is 11.8. The summed E-state index contributed by atoms with van der Waals surface area (Å²) in [6, 6.07) is 0. The lowest BCUT2D eigenvalue weighted by atomic mass is 10.4. The van der Waals surface area contributed by atoms with Crippen LogP contribution < -0.4 is 0 Å². The van der Waals surface area contributed by atoms with Crippen LogP contribution in [-0.4, -0.2) is 8.42 Å². The van der Waals surface area contributed by atoms with E-state index in [2.05, 4.69) is 4.42 Å². The molecule has 0 atom stereocenters. The Morgan fingerprint density at radius 1 is 1.50 bits per heavy atom. The van der Waals surface area contributed by atoms with Crippen molar-refractivity contribution in [3.05, 3.63) is 18.1 Å². The second kappa shape index (κ2) is 2.09. The Morgan fingerprint density at radius 2 is 2.10 bits per heavy atom. The fraction of sp³-hybridized carbons (Fsp3) is 0.200. The summed E-state index contributed by atoms with van der Waals surface area (Å²) in [4.78, 5) is -0.396. The number of halogens is 1. The van der Waals surface area contributed by atoms with Crippen molar-refractivity contribution in [1.82, 2.24) is 0 Å². The van der Waals surface area contributed by atoms with Crippen LogP contribution in [0.3, 0.4) is 0 Å². The number of aryl methyl sites for hydroxylation is 1. The van der Waals surface area contributed by atoms with Gasteiger partial charge >= 0.3 is 10.2 Å². The first-order valence-corrected chi connectivity index (χ1v) is 3.87. The molecule has 1 rings (SSSR count). The molecule has 0 saturated heterocycles. The second-order valence-corrected chi connectivity index (χ2v) is 3.17. The van der Waals surface area contributed by atoms with E-state index in [0.717, 1.165) is 6.26 Å². The summed E-state index contributed by atoms with van der Waals surface area (Å²) >= 11 is 0. The summed E-state index contributed by atoms with van der Waals surface area (Å²) in [6.07, 6.45) is 2.04. The Bertz CT molecular complexity index is 324. The van der Waals surface area contributed by atoms with Crippen LogP contribution in [0.15, 0.2) is 21.8 Å². The summed E-state index contributed by atoms with van der Waals surface area (Å²) in [5.74, 6) is 0. The molecule has 56 valence electrons. The molecule has 0 aliphatic rings. The van der Waals surface area contributed by atoms with Crippen LogP contribution in [-0.2, 0) is 10.2 Å². The minimum absolute atomic E-state index is 0.280. The average Bonchev–Trinajstić information content (AvgIpc) is 2.11. The molecule has 0 spiro atoms. The van der Waals surface area contributed by atoms with Gasteiger partial charge in [0.25, 0.3) is 0 Å². The van der Waals surface area contributed by atoms with Crippen LogP contribution in [0, 0.1) is 6.92 Å². The summed E-state index contributed by atoms with van der Waals surface area (Å²) in [5, 5.41) is 0. The molecule has 0 saturated carbocycles. The molecule has 10 heavy (non-hydrogen) atoms. The van der Waals surface area contributed by atoms with Crippen molar-refractivity contribution in [3.8, 4) is 0 Å². The lowest BCUT2D eigenvalue weighted by Crippen LogP contribution is -1.90. The fourth-order valence-corrected chi connectivity index (χ4v) is 1.20. The molecule has 1 aromatic heterocycles. The van der Waals surface area contributed by atoms with Gasteiger partial charge in [0, 0.05) is 5.56 Å². The van der Waals surface area contributed by atoms with Gasteiger partial charge in [0.2, 0.25) is 0 Å². The molecule has 3 nitrogen and oxygen atoms in total. The molecular formula is C5H5FO3S. The molecule has 0 unspecified atom stereocenters. The highest BCUT2D eigenvalue weighted by atomic mass is 32.3. The zero-order valence-electron chi connectivity index (χ0n) is 5.17. The van der Waals surface area contributed by atoms with Crippen molar-refractivity contribution in [2.75, 3.05) is 0 Å². The third-order valence-electron chi connectivity index (χ3n) is 1.07. The van der Waals surface area contributed by atoms with Gasteiger partial charge in [0.15, 0.2) is 0 Å². The van der Waals surface area contributed by atoms with E-state index in [0.29, 0.717) is 0 Å². The van der Waals surface area contributed by atoms with E-state index in [1.54, 1.807) is 0 Å². The average molecular weight is 164 g/mol. The maximum absolute atomic E-state index is 12.1. The predicted molar refractivity (Wildman–Crippen MR) is 31.7 cm³/mol. The topological polar surface area (TPSA) is 47.3 Å². The highest BCUT2D eigenvalue weighted by Crippen LogP contribution is 2.17. The number of rotatable bonds is 1. The minimum Gasteiger partial charge on any atom is -0.471 e. The van der Waals surface area contributed by atoms with Crippen LogP contribution in [0.2, 0.25) is 0 Å². The largest absolute Gasteiger partial charge is 0.471 e. The van der Waals surface area contributed by atoms with Crippen LogP contribution in [0.1, 0.15) is 5.56 Å². The molecule has 0 amide bonds. The van der Waals surface area contributed by atoms with Crippen molar-refractivity contribution in [1.29, 1.82) is 0 Å². The lowest BCUT2D eigenvalue weighted by Gasteiger charge is -1.86. The zero-order chi connectivity index (χ0) is 7.78. The summed E-state index contributed by atoms with van der Waals surface area (Å²) in [7, 11) is -4.58. The van der Waals surface area contributed by atoms with Gasteiger partial charge in [-0.25, -0.2) is 0 Å².